The van der Waals surface area contributed by atoms with Gasteiger partial charge in [0.2, 0.25) is 0 Å². The van der Waals surface area contributed by atoms with E-state index < -0.39 is 11.6 Å². The zero-order valence-corrected chi connectivity index (χ0v) is 10.4. The molecule has 5 nitrogen and oxygen atoms in total. The lowest BCUT2D eigenvalue weighted by molar-refractivity contribution is -0.164. The lowest BCUT2D eigenvalue weighted by Gasteiger charge is -2.37. The third-order valence-corrected chi connectivity index (χ3v) is 3.43. The molecule has 1 aliphatic rings. The molecule has 1 aliphatic heterocycles. The Hall–Kier alpha value is -1.75. The summed E-state index contributed by atoms with van der Waals surface area (Å²) in [5, 5.41) is 10.1. The number of anilines is 2. The summed E-state index contributed by atoms with van der Waals surface area (Å²) in [5.74, 6) is -0.553. The van der Waals surface area contributed by atoms with Crippen molar-refractivity contribution in [2.45, 2.75) is 18.4 Å². The van der Waals surface area contributed by atoms with Crippen molar-refractivity contribution in [1.29, 1.82) is 0 Å². The Morgan fingerprint density at radius 1 is 1.39 bits per heavy atom. The number of para-hydroxylation sites is 2. The van der Waals surface area contributed by atoms with Crippen molar-refractivity contribution < 1.29 is 14.6 Å². The van der Waals surface area contributed by atoms with E-state index in [0.29, 0.717) is 31.6 Å². The second-order valence-electron chi connectivity index (χ2n) is 4.57. The fourth-order valence-electron chi connectivity index (χ4n) is 2.29. The number of nitrogen functional groups attached to an aromatic ring is 1. The second kappa shape index (κ2) is 4.86. The first-order valence-electron chi connectivity index (χ1n) is 5.97. The molecule has 3 N–H and O–H groups in total. The van der Waals surface area contributed by atoms with Crippen LogP contribution in [-0.2, 0) is 9.53 Å². The number of esters is 1. The highest BCUT2D eigenvalue weighted by Crippen LogP contribution is 2.30. The van der Waals surface area contributed by atoms with E-state index in [4.69, 9.17) is 5.73 Å². The summed E-state index contributed by atoms with van der Waals surface area (Å²) in [6.45, 7) is 1.17. The molecule has 0 spiro atoms. The summed E-state index contributed by atoms with van der Waals surface area (Å²) >= 11 is 0. The number of benzene rings is 1. The van der Waals surface area contributed by atoms with Gasteiger partial charge in [-0.15, -0.1) is 0 Å². The lowest BCUT2D eigenvalue weighted by Crippen LogP contribution is -2.50. The summed E-state index contributed by atoms with van der Waals surface area (Å²) in [6.07, 6.45) is 0.710. The van der Waals surface area contributed by atoms with Crippen LogP contribution in [0, 0.1) is 0 Å². The van der Waals surface area contributed by atoms with Gasteiger partial charge < -0.3 is 20.5 Å². The van der Waals surface area contributed by atoms with Gasteiger partial charge in [-0.1, -0.05) is 12.1 Å². The van der Waals surface area contributed by atoms with E-state index >= 15 is 0 Å². The van der Waals surface area contributed by atoms with Gasteiger partial charge in [-0.25, -0.2) is 4.79 Å². The molecule has 1 aromatic carbocycles. The average Bonchev–Trinajstić information content (AvgIpc) is 2.39. The molecule has 0 unspecified atom stereocenters. The average molecular weight is 250 g/mol. The SMILES string of the molecule is COC(=O)C1(O)CCN(c2ccccc2N)CC1. The number of nitrogens with zero attached hydrogens (tertiary/aromatic N) is 1. The van der Waals surface area contributed by atoms with Gasteiger partial charge >= 0.3 is 5.97 Å². The number of hydrogen-bond acceptors (Lipinski definition) is 5. The maximum atomic E-state index is 11.5. The predicted molar refractivity (Wildman–Crippen MR) is 69.3 cm³/mol. The van der Waals surface area contributed by atoms with Gasteiger partial charge in [-0.2, -0.15) is 0 Å². The number of rotatable bonds is 2. The van der Waals surface area contributed by atoms with Crippen molar-refractivity contribution in [1.82, 2.24) is 0 Å². The molecule has 0 bridgehead atoms. The van der Waals surface area contributed by atoms with Gasteiger partial charge in [0.05, 0.1) is 18.5 Å². The van der Waals surface area contributed by atoms with Crippen molar-refractivity contribution >= 4 is 17.3 Å². The van der Waals surface area contributed by atoms with E-state index in [9.17, 15) is 9.90 Å². The van der Waals surface area contributed by atoms with Gasteiger partial charge in [-0.3, -0.25) is 0 Å². The largest absolute Gasteiger partial charge is 0.467 e. The molecule has 0 aliphatic carbocycles. The molecule has 0 atom stereocenters. The first-order chi connectivity index (χ1) is 8.57. The molecule has 2 rings (SSSR count). The maximum absolute atomic E-state index is 11.5. The number of hydrogen-bond donors (Lipinski definition) is 2. The number of aliphatic hydroxyl groups is 1. The predicted octanol–water partition coefficient (Wildman–Crippen LogP) is 0.773. The maximum Gasteiger partial charge on any atom is 0.337 e. The Morgan fingerprint density at radius 3 is 2.56 bits per heavy atom. The number of nitrogens with two attached hydrogens (primary N) is 1. The summed E-state index contributed by atoms with van der Waals surface area (Å²) in [4.78, 5) is 13.6. The van der Waals surface area contributed by atoms with Crippen LogP contribution in [0.15, 0.2) is 24.3 Å². The third kappa shape index (κ3) is 2.26. The van der Waals surface area contributed by atoms with Gasteiger partial charge in [0.25, 0.3) is 0 Å². The minimum atomic E-state index is -1.35. The van der Waals surface area contributed by atoms with Crippen molar-refractivity contribution in [3.05, 3.63) is 24.3 Å². The summed E-state index contributed by atoms with van der Waals surface area (Å²) in [7, 11) is 1.29. The molecule has 0 amide bonds. The van der Waals surface area contributed by atoms with Gasteiger partial charge in [0.15, 0.2) is 5.60 Å². The van der Waals surface area contributed by atoms with Crippen LogP contribution >= 0.6 is 0 Å². The van der Waals surface area contributed by atoms with E-state index in [0.717, 1.165) is 5.69 Å². The first kappa shape index (κ1) is 12.7. The number of carbonyl (C=O) groups excluding carboxylic acids is 1. The fourth-order valence-corrected chi connectivity index (χ4v) is 2.29. The van der Waals surface area contributed by atoms with E-state index in [1.54, 1.807) is 0 Å². The minimum Gasteiger partial charge on any atom is -0.467 e. The van der Waals surface area contributed by atoms with Crippen LogP contribution in [0.2, 0.25) is 0 Å². The van der Waals surface area contributed by atoms with Crippen LogP contribution in [0.5, 0.6) is 0 Å². The van der Waals surface area contributed by atoms with E-state index in [1.807, 2.05) is 24.3 Å². The van der Waals surface area contributed by atoms with Gasteiger partial charge in [0, 0.05) is 25.9 Å². The molecular formula is C13H18N2O3. The molecule has 18 heavy (non-hydrogen) atoms. The van der Waals surface area contributed by atoms with Crippen LogP contribution in [0.25, 0.3) is 0 Å². The van der Waals surface area contributed by atoms with E-state index in [1.165, 1.54) is 7.11 Å². The molecule has 5 heteroatoms. The minimum absolute atomic E-state index is 0.355. The van der Waals surface area contributed by atoms with Crippen LogP contribution in [0.3, 0.4) is 0 Å². The fraction of sp³-hybridized carbons (Fsp3) is 0.462. The summed E-state index contributed by atoms with van der Waals surface area (Å²) in [6, 6.07) is 7.59. The topological polar surface area (TPSA) is 75.8 Å². The molecule has 1 aromatic rings. The van der Waals surface area contributed by atoms with Crippen LogP contribution in [-0.4, -0.2) is 36.9 Å². The van der Waals surface area contributed by atoms with Crippen molar-refractivity contribution in [3.63, 3.8) is 0 Å². The molecule has 98 valence electrons. The van der Waals surface area contributed by atoms with Gasteiger partial charge in [-0.05, 0) is 12.1 Å². The number of carbonyl (C=O) groups is 1. The third-order valence-electron chi connectivity index (χ3n) is 3.43. The van der Waals surface area contributed by atoms with Crippen LogP contribution in [0.1, 0.15) is 12.8 Å². The highest BCUT2D eigenvalue weighted by Gasteiger charge is 2.40. The van der Waals surface area contributed by atoms with Gasteiger partial charge in [0.1, 0.15) is 0 Å². The quantitative estimate of drug-likeness (QED) is 0.599. The summed E-state index contributed by atoms with van der Waals surface area (Å²) in [5.41, 5.74) is 6.21. The number of piperidine rings is 1. The molecular weight excluding hydrogens is 232 g/mol. The molecule has 0 radical (unpaired) electrons. The summed E-state index contributed by atoms with van der Waals surface area (Å²) < 4.78 is 4.63. The van der Waals surface area contributed by atoms with E-state index in [-0.39, 0.29) is 0 Å². The zero-order valence-electron chi connectivity index (χ0n) is 10.4. The Kier molecular flexibility index (Phi) is 3.43. The number of methoxy groups -OCH3 is 1. The monoisotopic (exact) mass is 250 g/mol. The molecule has 1 saturated heterocycles. The Bertz CT molecular complexity index is 440. The molecule has 1 heterocycles. The van der Waals surface area contributed by atoms with Crippen LogP contribution in [0.4, 0.5) is 11.4 Å². The van der Waals surface area contributed by atoms with E-state index in [2.05, 4.69) is 9.64 Å². The number of ether oxygens (including phenoxy) is 1. The smallest absolute Gasteiger partial charge is 0.337 e. The molecule has 1 fully saturated rings. The second-order valence-corrected chi connectivity index (χ2v) is 4.57. The van der Waals surface area contributed by atoms with Crippen LogP contribution < -0.4 is 10.6 Å². The standard InChI is InChI=1S/C13H18N2O3/c1-18-12(16)13(17)6-8-15(9-7-13)11-5-3-2-4-10(11)14/h2-5,17H,6-9,14H2,1H3. The van der Waals surface area contributed by atoms with Crippen molar-refractivity contribution in [3.8, 4) is 0 Å². The first-order valence-corrected chi connectivity index (χ1v) is 5.97. The Morgan fingerprint density at radius 2 is 2.00 bits per heavy atom. The molecule has 0 aromatic heterocycles. The normalized spacial score (nSPS) is 18.4. The lowest BCUT2D eigenvalue weighted by atomic mass is 9.91. The Balaban J connectivity index is 2.07. The van der Waals surface area contributed by atoms with Crippen molar-refractivity contribution in [2.75, 3.05) is 30.8 Å². The highest BCUT2D eigenvalue weighted by molar-refractivity contribution is 5.80. The highest BCUT2D eigenvalue weighted by atomic mass is 16.5. The Labute approximate surface area is 106 Å². The zero-order chi connectivity index (χ0) is 13.2. The molecule has 0 saturated carbocycles. The van der Waals surface area contributed by atoms with Crippen molar-refractivity contribution in [2.24, 2.45) is 0 Å².